The summed E-state index contributed by atoms with van der Waals surface area (Å²) in [6.07, 6.45) is 3.27. The molecule has 1 saturated heterocycles. The summed E-state index contributed by atoms with van der Waals surface area (Å²) in [5, 5.41) is 0. The molecule has 1 rings (SSSR count). The van der Waals surface area contributed by atoms with Crippen molar-refractivity contribution in [3.05, 3.63) is 0 Å². The number of carbonyl (C=O) groups excluding carboxylic acids is 1. The molecule has 0 spiro atoms. The van der Waals surface area contributed by atoms with E-state index in [0.717, 1.165) is 25.8 Å². The second kappa shape index (κ2) is 7.14. The maximum absolute atomic E-state index is 11.2. The highest BCUT2D eigenvalue weighted by Crippen LogP contribution is 2.20. The Balaban J connectivity index is 0.000000344. The molecule has 1 aliphatic rings. The zero-order valence-corrected chi connectivity index (χ0v) is 12.1. The van der Waals surface area contributed by atoms with E-state index in [2.05, 4.69) is 10.6 Å². The minimum Gasteiger partial charge on any atom is -0.345 e. The maximum atomic E-state index is 11.2. The Morgan fingerprint density at radius 1 is 1.26 bits per heavy atom. The van der Waals surface area contributed by atoms with Crippen molar-refractivity contribution in [1.29, 1.82) is 0 Å². The summed E-state index contributed by atoms with van der Waals surface area (Å²) in [6, 6.07) is 0. The highest BCUT2D eigenvalue weighted by Gasteiger charge is 2.27. The second-order valence-corrected chi connectivity index (χ2v) is 6.21. The Morgan fingerprint density at radius 2 is 1.74 bits per heavy atom. The molecule has 0 aliphatic carbocycles. The van der Waals surface area contributed by atoms with Crippen LogP contribution in [0.1, 0.15) is 26.2 Å². The number of likely N-dealkylation sites (tertiary alicyclic amines) is 1. The van der Waals surface area contributed by atoms with Gasteiger partial charge in [0.2, 0.25) is 5.91 Å². The summed E-state index contributed by atoms with van der Waals surface area (Å²) in [5.41, 5.74) is 0. The van der Waals surface area contributed by atoms with Crippen LogP contribution in [-0.4, -0.2) is 50.3 Å². The van der Waals surface area contributed by atoms with Crippen molar-refractivity contribution in [3.63, 3.8) is 0 Å². The lowest BCUT2D eigenvalue weighted by atomic mass is 10.0. The van der Waals surface area contributed by atoms with Crippen molar-refractivity contribution >= 4 is 26.7 Å². The number of hydrogen-bond acceptors (Lipinski definition) is 6. The molecule has 1 unspecified atom stereocenters. The average molecular weight is 319 g/mol. The first-order valence-corrected chi connectivity index (χ1v) is 8.10. The number of carbonyl (C=O) groups is 1. The third kappa shape index (κ3) is 8.88. The van der Waals surface area contributed by atoms with Crippen LogP contribution in [0.25, 0.3) is 0 Å². The molecule has 2 N–H and O–H groups in total. The van der Waals surface area contributed by atoms with Gasteiger partial charge in [-0.2, -0.15) is 16.8 Å². The van der Waals surface area contributed by atoms with Crippen molar-refractivity contribution < 1.29 is 34.4 Å². The van der Waals surface area contributed by atoms with Crippen molar-refractivity contribution in [2.75, 3.05) is 13.6 Å². The van der Waals surface area contributed by atoms with E-state index in [0.29, 0.717) is 11.8 Å². The number of nitrogens with zero attached hydrogens (tertiary/aromatic N) is 1. The fourth-order valence-corrected chi connectivity index (χ4v) is 2.49. The highest BCUT2D eigenvalue weighted by atomic mass is 32.3. The molecule has 11 heteroatoms. The van der Waals surface area contributed by atoms with E-state index in [-0.39, 0.29) is 0 Å². The van der Waals surface area contributed by atoms with Gasteiger partial charge in [-0.25, -0.2) is 0 Å². The summed E-state index contributed by atoms with van der Waals surface area (Å²) in [5.74, 6) is 0.692. The Bertz CT molecular complexity index is 465. The van der Waals surface area contributed by atoms with Crippen molar-refractivity contribution in [2.24, 2.45) is 5.92 Å². The monoisotopic (exact) mass is 319 g/mol. The van der Waals surface area contributed by atoms with Crippen LogP contribution >= 0.6 is 0 Å². The number of rotatable bonds is 4. The van der Waals surface area contributed by atoms with Gasteiger partial charge in [-0.05, 0) is 12.8 Å². The third-order valence-corrected chi connectivity index (χ3v) is 3.72. The van der Waals surface area contributed by atoms with Crippen LogP contribution in [0.2, 0.25) is 0 Å². The Labute approximate surface area is 112 Å². The largest absolute Gasteiger partial charge is 0.413 e. The molecule has 0 aromatic rings. The molecule has 1 atom stereocenters. The fraction of sp³-hybridized carbons (Fsp3) is 0.875. The minimum absolute atomic E-state index is 0.343. The molecule has 0 radical (unpaired) electrons. The Kier molecular flexibility index (Phi) is 6.86. The van der Waals surface area contributed by atoms with Crippen LogP contribution in [0.4, 0.5) is 0 Å². The average Bonchev–Trinajstić information content (AvgIpc) is 2.45. The van der Waals surface area contributed by atoms with E-state index >= 15 is 0 Å². The first-order valence-electron chi connectivity index (χ1n) is 5.37. The van der Waals surface area contributed by atoms with Gasteiger partial charge in [0.25, 0.3) is 0 Å². The van der Waals surface area contributed by atoms with Crippen LogP contribution in [0.15, 0.2) is 0 Å². The van der Waals surface area contributed by atoms with Crippen molar-refractivity contribution in [1.82, 2.24) is 4.90 Å². The van der Waals surface area contributed by atoms with Gasteiger partial charge in [0.15, 0.2) is 0 Å². The predicted octanol–water partition coefficient (Wildman–Crippen LogP) is -0.127. The van der Waals surface area contributed by atoms with Crippen LogP contribution in [0.5, 0.6) is 0 Å². The summed E-state index contributed by atoms with van der Waals surface area (Å²) in [4.78, 5) is 13.1. The Hall–Kier alpha value is -0.750. The van der Waals surface area contributed by atoms with Gasteiger partial charge in [-0.1, -0.05) is 13.3 Å². The van der Waals surface area contributed by atoms with Gasteiger partial charge >= 0.3 is 20.8 Å². The van der Waals surface area contributed by atoms with Gasteiger partial charge in [-0.15, -0.1) is 3.63 Å². The fourth-order valence-electron chi connectivity index (χ4n) is 1.62. The first-order chi connectivity index (χ1) is 8.46. The lowest BCUT2D eigenvalue weighted by molar-refractivity contribution is -0.130. The predicted molar refractivity (Wildman–Crippen MR) is 64.8 cm³/mol. The zero-order chi connectivity index (χ0) is 15.3. The lowest BCUT2D eigenvalue weighted by Gasteiger charge is -2.08. The quantitative estimate of drug-likeness (QED) is 0.683. The summed E-state index contributed by atoms with van der Waals surface area (Å²) < 4.78 is 55.6. The molecule has 114 valence electrons. The molecule has 1 amide bonds. The van der Waals surface area contributed by atoms with Crippen LogP contribution in [-0.2, 0) is 29.2 Å². The van der Waals surface area contributed by atoms with E-state index in [9.17, 15) is 21.6 Å². The van der Waals surface area contributed by atoms with Gasteiger partial charge in [-0.3, -0.25) is 13.9 Å². The standard InChI is InChI=1S/C8H15NO.H2O7S2/c1-3-4-7-5-6-9(2)8(7)10;1-8(2,3)7-9(4,5)6/h7H,3-6H2,1-2H3;(H,1,2,3)(H,4,5,6). The normalized spacial score (nSPS) is 20.1. The zero-order valence-electron chi connectivity index (χ0n) is 10.5. The lowest BCUT2D eigenvalue weighted by Crippen LogP contribution is -2.22. The summed E-state index contributed by atoms with van der Waals surface area (Å²) in [6.45, 7) is 3.09. The molecule has 9 nitrogen and oxygen atoms in total. The van der Waals surface area contributed by atoms with Crippen LogP contribution in [0, 0.1) is 5.92 Å². The minimum atomic E-state index is -5.12. The third-order valence-electron chi connectivity index (χ3n) is 2.35. The van der Waals surface area contributed by atoms with Crippen molar-refractivity contribution in [2.45, 2.75) is 26.2 Å². The molecule has 0 aromatic carbocycles. The molecule has 1 aliphatic heterocycles. The molecule has 1 heterocycles. The second-order valence-electron chi connectivity index (χ2n) is 3.96. The van der Waals surface area contributed by atoms with E-state index in [1.165, 1.54) is 0 Å². The summed E-state index contributed by atoms with van der Waals surface area (Å²) in [7, 11) is -8.35. The van der Waals surface area contributed by atoms with Gasteiger partial charge in [0, 0.05) is 19.5 Å². The van der Waals surface area contributed by atoms with Crippen LogP contribution in [0.3, 0.4) is 0 Å². The van der Waals surface area contributed by atoms with Gasteiger partial charge in [0.05, 0.1) is 0 Å². The van der Waals surface area contributed by atoms with Gasteiger partial charge in [0.1, 0.15) is 0 Å². The molecular weight excluding hydrogens is 302 g/mol. The van der Waals surface area contributed by atoms with Crippen molar-refractivity contribution in [3.8, 4) is 0 Å². The van der Waals surface area contributed by atoms with Crippen LogP contribution < -0.4 is 0 Å². The smallest absolute Gasteiger partial charge is 0.345 e. The van der Waals surface area contributed by atoms with E-state index in [1.807, 2.05) is 11.9 Å². The highest BCUT2D eigenvalue weighted by molar-refractivity contribution is 7.94. The molecule has 19 heavy (non-hydrogen) atoms. The van der Waals surface area contributed by atoms with E-state index < -0.39 is 20.8 Å². The number of hydrogen-bond donors (Lipinski definition) is 2. The maximum Gasteiger partial charge on any atom is 0.413 e. The molecular formula is C8H17NO8S2. The first kappa shape index (κ1) is 18.2. The summed E-state index contributed by atoms with van der Waals surface area (Å²) >= 11 is 0. The number of amides is 1. The van der Waals surface area contributed by atoms with E-state index in [1.54, 1.807) is 0 Å². The van der Waals surface area contributed by atoms with E-state index in [4.69, 9.17) is 9.11 Å². The topological polar surface area (TPSA) is 138 Å². The SMILES string of the molecule is CCCC1CCN(C)C1=O.O=S(=O)(O)OS(=O)(=O)O. The Morgan fingerprint density at radius 3 is 1.95 bits per heavy atom. The molecule has 0 saturated carbocycles. The molecule has 0 bridgehead atoms. The molecule has 0 aromatic heterocycles. The van der Waals surface area contributed by atoms with Gasteiger partial charge < -0.3 is 4.90 Å². The molecule has 1 fully saturated rings.